The summed E-state index contributed by atoms with van der Waals surface area (Å²) in [6, 6.07) is 16.3. The van der Waals surface area contributed by atoms with Crippen LogP contribution in [0.25, 0.3) is 11.1 Å². The Kier molecular flexibility index (Phi) is 2.82. The molecule has 0 amide bonds. The van der Waals surface area contributed by atoms with Gasteiger partial charge in [-0.1, -0.05) is 30.3 Å². The quantitative estimate of drug-likeness (QED) is 0.775. The van der Waals surface area contributed by atoms with Gasteiger partial charge in [-0.15, -0.1) is 0 Å². The number of nitrogens with two attached hydrogens (primary N) is 1. The maximum atomic E-state index is 5.85. The van der Waals surface area contributed by atoms with E-state index in [9.17, 15) is 0 Å². The standard InChI is InChI=1S/C14H16N2/c1-16(2)14-9-8-12(15)10-13(14)11-6-4-3-5-7-11/h3-10H,15H2,1-2H3. The van der Waals surface area contributed by atoms with Crippen molar-refractivity contribution in [2.45, 2.75) is 0 Å². The minimum atomic E-state index is 0.796. The topological polar surface area (TPSA) is 29.3 Å². The first-order valence-corrected chi connectivity index (χ1v) is 5.31. The van der Waals surface area contributed by atoms with E-state index >= 15 is 0 Å². The first-order chi connectivity index (χ1) is 7.68. The summed E-state index contributed by atoms with van der Waals surface area (Å²) >= 11 is 0. The predicted octanol–water partition coefficient (Wildman–Crippen LogP) is 3.00. The Labute approximate surface area is 96.3 Å². The Morgan fingerprint density at radius 2 is 1.62 bits per heavy atom. The molecule has 0 fully saturated rings. The molecule has 2 aromatic carbocycles. The van der Waals surface area contributed by atoms with Gasteiger partial charge >= 0.3 is 0 Å². The smallest absolute Gasteiger partial charge is 0.0442 e. The van der Waals surface area contributed by atoms with Gasteiger partial charge in [-0.3, -0.25) is 0 Å². The Morgan fingerprint density at radius 3 is 2.25 bits per heavy atom. The molecule has 0 spiro atoms. The monoisotopic (exact) mass is 212 g/mol. The lowest BCUT2D eigenvalue weighted by molar-refractivity contribution is 1.13. The van der Waals surface area contributed by atoms with Crippen LogP contribution in [0.15, 0.2) is 48.5 Å². The third kappa shape index (κ3) is 2.01. The fourth-order valence-electron chi connectivity index (χ4n) is 1.79. The summed E-state index contributed by atoms with van der Waals surface area (Å²) in [6.07, 6.45) is 0. The second-order valence-electron chi connectivity index (χ2n) is 4.04. The molecule has 0 heterocycles. The van der Waals surface area contributed by atoms with Crippen LogP contribution in [0.1, 0.15) is 0 Å². The fraction of sp³-hybridized carbons (Fsp3) is 0.143. The van der Waals surface area contributed by atoms with Gasteiger partial charge in [0.1, 0.15) is 0 Å². The van der Waals surface area contributed by atoms with Gasteiger partial charge in [-0.25, -0.2) is 0 Å². The van der Waals surface area contributed by atoms with Gasteiger partial charge in [-0.05, 0) is 23.8 Å². The van der Waals surface area contributed by atoms with Crippen molar-refractivity contribution in [1.29, 1.82) is 0 Å². The molecule has 2 rings (SSSR count). The molecular weight excluding hydrogens is 196 g/mol. The van der Waals surface area contributed by atoms with Crippen molar-refractivity contribution in [3.63, 3.8) is 0 Å². The summed E-state index contributed by atoms with van der Waals surface area (Å²) in [7, 11) is 4.08. The molecule has 0 unspecified atom stereocenters. The summed E-state index contributed by atoms with van der Waals surface area (Å²) in [5.41, 5.74) is 10.2. The molecule has 2 heteroatoms. The molecule has 2 N–H and O–H groups in total. The minimum absolute atomic E-state index is 0.796. The third-order valence-corrected chi connectivity index (χ3v) is 2.59. The second-order valence-corrected chi connectivity index (χ2v) is 4.04. The molecule has 0 aliphatic heterocycles. The van der Waals surface area contributed by atoms with E-state index in [0.717, 1.165) is 5.69 Å². The van der Waals surface area contributed by atoms with Crippen molar-refractivity contribution in [1.82, 2.24) is 0 Å². The highest BCUT2D eigenvalue weighted by molar-refractivity contribution is 5.81. The van der Waals surface area contributed by atoms with Crippen LogP contribution in [0.5, 0.6) is 0 Å². The van der Waals surface area contributed by atoms with Crippen LogP contribution in [-0.2, 0) is 0 Å². The summed E-state index contributed by atoms with van der Waals surface area (Å²) in [5.74, 6) is 0. The van der Waals surface area contributed by atoms with Crippen molar-refractivity contribution < 1.29 is 0 Å². The Balaban J connectivity index is 2.58. The van der Waals surface area contributed by atoms with E-state index in [0.29, 0.717) is 0 Å². The van der Waals surface area contributed by atoms with Crippen molar-refractivity contribution in [2.75, 3.05) is 24.7 Å². The number of hydrogen-bond acceptors (Lipinski definition) is 2. The van der Waals surface area contributed by atoms with Gasteiger partial charge in [0.2, 0.25) is 0 Å². The predicted molar refractivity (Wildman–Crippen MR) is 70.6 cm³/mol. The SMILES string of the molecule is CN(C)c1ccc(N)cc1-c1ccccc1. The van der Waals surface area contributed by atoms with Gasteiger partial charge < -0.3 is 10.6 Å². The van der Waals surface area contributed by atoms with Crippen LogP contribution < -0.4 is 10.6 Å². The van der Waals surface area contributed by atoms with Gasteiger partial charge in [0.25, 0.3) is 0 Å². The molecule has 0 aliphatic carbocycles. The molecule has 0 aromatic heterocycles. The Bertz CT molecular complexity index is 475. The number of nitrogen functional groups attached to an aromatic ring is 1. The number of benzene rings is 2. The van der Waals surface area contributed by atoms with Crippen LogP contribution in [0.2, 0.25) is 0 Å². The largest absolute Gasteiger partial charge is 0.399 e. The van der Waals surface area contributed by atoms with E-state index < -0.39 is 0 Å². The molecule has 0 bridgehead atoms. The third-order valence-electron chi connectivity index (χ3n) is 2.59. The lowest BCUT2D eigenvalue weighted by atomic mass is 10.0. The minimum Gasteiger partial charge on any atom is -0.399 e. The fourth-order valence-corrected chi connectivity index (χ4v) is 1.79. The Hall–Kier alpha value is -1.96. The van der Waals surface area contributed by atoms with Crippen LogP contribution >= 0.6 is 0 Å². The van der Waals surface area contributed by atoms with Crippen molar-refractivity contribution in [3.8, 4) is 11.1 Å². The number of anilines is 2. The van der Waals surface area contributed by atoms with Crippen LogP contribution in [0.4, 0.5) is 11.4 Å². The number of nitrogens with zero attached hydrogens (tertiary/aromatic N) is 1. The summed E-state index contributed by atoms with van der Waals surface area (Å²) in [6.45, 7) is 0. The lowest BCUT2D eigenvalue weighted by Crippen LogP contribution is -2.10. The normalized spacial score (nSPS) is 10.1. The second kappa shape index (κ2) is 4.27. The molecule has 0 saturated heterocycles. The van der Waals surface area contributed by atoms with E-state index in [4.69, 9.17) is 5.73 Å². The Morgan fingerprint density at radius 1 is 0.938 bits per heavy atom. The van der Waals surface area contributed by atoms with E-state index in [1.165, 1.54) is 16.8 Å². The molecule has 0 saturated carbocycles. The van der Waals surface area contributed by atoms with E-state index in [1.54, 1.807) is 0 Å². The lowest BCUT2D eigenvalue weighted by Gasteiger charge is -2.18. The molecule has 2 nitrogen and oxygen atoms in total. The highest BCUT2D eigenvalue weighted by Gasteiger charge is 2.06. The number of rotatable bonds is 2. The molecule has 2 aromatic rings. The molecular formula is C14H16N2. The van der Waals surface area contributed by atoms with Crippen LogP contribution in [0.3, 0.4) is 0 Å². The number of hydrogen-bond donors (Lipinski definition) is 1. The van der Waals surface area contributed by atoms with E-state index in [1.807, 2.05) is 44.4 Å². The van der Waals surface area contributed by atoms with Gasteiger partial charge in [0.15, 0.2) is 0 Å². The average Bonchev–Trinajstić information content (AvgIpc) is 2.29. The molecule has 82 valence electrons. The van der Waals surface area contributed by atoms with Crippen molar-refractivity contribution in [2.24, 2.45) is 0 Å². The highest BCUT2D eigenvalue weighted by atomic mass is 15.1. The maximum Gasteiger partial charge on any atom is 0.0442 e. The zero-order valence-corrected chi connectivity index (χ0v) is 9.64. The van der Waals surface area contributed by atoms with Gasteiger partial charge in [0, 0.05) is 31.0 Å². The van der Waals surface area contributed by atoms with Crippen LogP contribution in [0, 0.1) is 0 Å². The molecule has 0 atom stereocenters. The average molecular weight is 212 g/mol. The molecule has 16 heavy (non-hydrogen) atoms. The summed E-state index contributed by atoms with van der Waals surface area (Å²) < 4.78 is 0. The molecule has 0 radical (unpaired) electrons. The van der Waals surface area contributed by atoms with Crippen LogP contribution in [-0.4, -0.2) is 14.1 Å². The van der Waals surface area contributed by atoms with E-state index in [2.05, 4.69) is 23.1 Å². The zero-order chi connectivity index (χ0) is 11.5. The van der Waals surface area contributed by atoms with Gasteiger partial charge in [0.05, 0.1) is 0 Å². The summed E-state index contributed by atoms with van der Waals surface area (Å²) in [5, 5.41) is 0. The zero-order valence-electron chi connectivity index (χ0n) is 9.64. The van der Waals surface area contributed by atoms with Crippen molar-refractivity contribution >= 4 is 11.4 Å². The van der Waals surface area contributed by atoms with E-state index in [-0.39, 0.29) is 0 Å². The first-order valence-electron chi connectivity index (χ1n) is 5.31. The highest BCUT2D eigenvalue weighted by Crippen LogP contribution is 2.31. The molecule has 0 aliphatic rings. The summed E-state index contributed by atoms with van der Waals surface area (Å²) in [4.78, 5) is 2.10. The first kappa shape index (κ1) is 10.6. The maximum absolute atomic E-state index is 5.85. The van der Waals surface area contributed by atoms with Crippen molar-refractivity contribution in [3.05, 3.63) is 48.5 Å². The van der Waals surface area contributed by atoms with Gasteiger partial charge in [-0.2, -0.15) is 0 Å².